The maximum absolute atomic E-state index is 13.2. The highest BCUT2D eigenvalue weighted by Crippen LogP contribution is 2.29. The zero-order valence-electron chi connectivity index (χ0n) is 9.75. The Morgan fingerprint density at radius 3 is 2.67 bits per heavy atom. The van der Waals surface area contributed by atoms with Gasteiger partial charge in [0.25, 0.3) is 0 Å². The Hall–Kier alpha value is -1.06. The van der Waals surface area contributed by atoms with Crippen LogP contribution < -0.4 is 5.32 Å². The van der Waals surface area contributed by atoms with Crippen LogP contribution in [0.3, 0.4) is 0 Å². The molecule has 0 amide bonds. The van der Waals surface area contributed by atoms with Gasteiger partial charge < -0.3 is 5.32 Å². The summed E-state index contributed by atoms with van der Waals surface area (Å²) in [6.45, 7) is 1.98. The van der Waals surface area contributed by atoms with E-state index in [2.05, 4.69) is 21.2 Å². The van der Waals surface area contributed by atoms with Crippen molar-refractivity contribution in [2.45, 2.75) is 13.0 Å². The van der Waals surface area contributed by atoms with Gasteiger partial charge in [-0.25, -0.2) is 4.39 Å². The third-order valence-corrected chi connectivity index (χ3v) is 3.71. The van der Waals surface area contributed by atoms with Gasteiger partial charge >= 0.3 is 0 Å². The van der Waals surface area contributed by atoms with E-state index in [-0.39, 0.29) is 11.9 Å². The second-order valence-electron chi connectivity index (χ2n) is 4.01. The topological polar surface area (TPSA) is 12.0 Å². The number of hydrogen-bond donors (Lipinski definition) is 1. The van der Waals surface area contributed by atoms with Crippen molar-refractivity contribution in [3.8, 4) is 0 Å². The molecule has 94 valence electrons. The Bertz CT molecular complexity index is 559. The Labute approximate surface area is 119 Å². The van der Waals surface area contributed by atoms with Gasteiger partial charge in [0.05, 0.1) is 11.7 Å². The lowest BCUT2D eigenvalue weighted by molar-refractivity contribution is 0.627. The Kier molecular flexibility index (Phi) is 4.25. The van der Waals surface area contributed by atoms with Crippen molar-refractivity contribution in [3.05, 3.63) is 63.3 Å². The minimum atomic E-state index is -0.271. The molecule has 2 aromatic carbocycles. The number of rotatable bonds is 3. The average Bonchev–Trinajstić information content (AvgIpc) is 2.34. The maximum Gasteiger partial charge on any atom is 0.125 e. The molecule has 0 radical (unpaired) electrons. The molecule has 1 unspecified atom stereocenters. The Morgan fingerprint density at radius 1 is 1.22 bits per heavy atom. The number of halogens is 3. The summed E-state index contributed by atoms with van der Waals surface area (Å²) in [5.41, 5.74) is 1.69. The van der Waals surface area contributed by atoms with Gasteiger partial charge in [0.15, 0.2) is 0 Å². The highest BCUT2D eigenvalue weighted by atomic mass is 79.9. The smallest absolute Gasteiger partial charge is 0.125 e. The van der Waals surface area contributed by atoms with Crippen molar-refractivity contribution in [1.29, 1.82) is 0 Å². The third-order valence-electron chi connectivity index (χ3n) is 2.67. The third kappa shape index (κ3) is 3.03. The van der Waals surface area contributed by atoms with E-state index in [0.717, 1.165) is 10.0 Å². The monoisotopic (exact) mass is 327 g/mol. The molecule has 0 saturated carbocycles. The molecule has 0 aromatic heterocycles. The predicted octanol–water partition coefficient (Wildman–Crippen LogP) is 5.41. The quantitative estimate of drug-likeness (QED) is 0.794. The summed E-state index contributed by atoms with van der Waals surface area (Å²) < 4.78 is 14.0. The van der Waals surface area contributed by atoms with Crippen LogP contribution in [0.4, 0.5) is 10.1 Å². The van der Waals surface area contributed by atoms with Crippen LogP contribution in [-0.4, -0.2) is 0 Å². The number of hydrogen-bond acceptors (Lipinski definition) is 1. The molecular weight excluding hydrogens is 317 g/mol. The summed E-state index contributed by atoms with van der Waals surface area (Å²) in [5, 5.41) is 3.94. The van der Waals surface area contributed by atoms with E-state index in [9.17, 15) is 4.39 Å². The first kappa shape index (κ1) is 13.4. The molecule has 0 bridgehead atoms. The molecule has 18 heavy (non-hydrogen) atoms. The molecule has 0 heterocycles. The standard InChI is InChI=1S/C14H12BrClFN/c1-9(11-4-2-3-5-13(11)16)18-14-8-10(17)6-7-12(14)15/h2-9,18H,1H3. The molecule has 0 aliphatic heterocycles. The van der Waals surface area contributed by atoms with Gasteiger partial charge in [0, 0.05) is 9.50 Å². The van der Waals surface area contributed by atoms with Gasteiger partial charge in [0.1, 0.15) is 5.82 Å². The van der Waals surface area contributed by atoms with Crippen LogP contribution in [0.5, 0.6) is 0 Å². The highest BCUT2D eigenvalue weighted by molar-refractivity contribution is 9.10. The van der Waals surface area contributed by atoms with Crippen LogP contribution in [0.1, 0.15) is 18.5 Å². The van der Waals surface area contributed by atoms with E-state index in [4.69, 9.17) is 11.6 Å². The lowest BCUT2D eigenvalue weighted by Crippen LogP contribution is -2.07. The van der Waals surface area contributed by atoms with Crippen LogP contribution >= 0.6 is 27.5 Å². The van der Waals surface area contributed by atoms with Crippen LogP contribution in [0, 0.1) is 5.82 Å². The fourth-order valence-corrected chi connectivity index (χ4v) is 2.41. The number of benzene rings is 2. The molecule has 2 aromatic rings. The Balaban J connectivity index is 2.24. The molecule has 0 fully saturated rings. The summed E-state index contributed by atoms with van der Waals surface area (Å²) in [6, 6.07) is 12.2. The van der Waals surface area contributed by atoms with E-state index < -0.39 is 0 Å². The van der Waals surface area contributed by atoms with Crippen LogP contribution in [0.15, 0.2) is 46.9 Å². The van der Waals surface area contributed by atoms with Gasteiger partial charge in [-0.3, -0.25) is 0 Å². The summed E-state index contributed by atoms with van der Waals surface area (Å²) in [7, 11) is 0. The first-order valence-electron chi connectivity index (χ1n) is 5.54. The highest BCUT2D eigenvalue weighted by Gasteiger charge is 2.10. The maximum atomic E-state index is 13.2. The first-order valence-corrected chi connectivity index (χ1v) is 6.71. The number of nitrogens with one attached hydrogen (secondary N) is 1. The van der Waals surface area contributed by atoms with Gasteiger partial charge in [-0.15, -0.1) is 0 Å². The van der Waals surface area contributed by atoms with Gasteiger partial charge in [0.2, 0.25) is 0 Å². The van der Waals surface area contributed by atoms with Crippen molar-refractivity contribution >= 4 is 33.2 Å². The minimum Gasteiger partial charge on any atom is -0.377 e. The van der Waals surface area contributed by atoms with Crippen molar-refractivity contribution in [1.82, 2.24) is 0 Å². The van der Waals surface area contributed by atoms with Crippen molar-refractivity contribution in [2.24, 2.45) is 0 Å². The minimum absolute atomic E-state index is 0.00296. The Morgan fingerprint density at radius 2 is 1.94 bits per heavy atom. The van der Waals surface area contributed by atoms with Gasteiger partial charge in [-0.2, -0.15) is 0 Å². The summed E-state index contributed by atoms with van der Waals surface area (Å²) in [6.07, 6.45) is 0. The molecule has 0 aliphatic rings. The van der Waals surface area contributed by atoms with Gasteiger partial charge in [-0.1, -0.05) is 29.8 Å². The van der Waals surface area contributed by atoms with E-state index >= 15 is 0 Å². The second-order valence-corrected chi connectivity index (χ2v) is 5.27. The summed E-state index contributed by atoms with van der Waals surface area (Å²) >= 11 is 9.52. The van der Waals surface area contributed by atoms with E-state index in [1.807, 2.05) is 31.2 Å². The lowest BCUT2D eigenvalue weighted by atomic mass is 10.1. The zero-order valence-corrected chi connectivity index (χ0v) is 12.1. The van der Waals surface area contributed by atoms with E-state index in [0.29, 0.717) is 10.7 Å². The predicted molar refractivity (Wildman–Crippen MR) is 77.6 cm³/mol. The molecule has 0 saturated heterocycles. The molecule has 1 nitrogen and oxygen atoms in total. The van der Waals surface area contributed by atoms with E-state index in [1.165, 1.54) is 12.1 Å². The molecule has 0 aliphatic carbocycles. The normalized spacial score (nSPS) is 12.2. The average molecular weight is 329 g/mol. The summed E-state index contributed by atoms with van der Waals surface area (Å²) in [5.74, 6) is -0.271. The second kappa shape index (κ2) is 5.72. The number of anilines is 1. The van der Waals surface area contributed by atoms with Crippen LogP contribution in [0.25, 0.3) is 0 Å². The lowest BCUT2D eigenvalue weighted by Gasteiger charge is -2.18. The van der Waals surface area contributed by atoms with Crippen LogP contribution in [0.2, 0.25) is 5.02 Å². The molecule has 1 atom stereocenters. The molecule has 0 spiro atoms. The largest absolute Gasteiger partial charge is 0.377 e. The van der Waals surface area contributed by atoms with Crippen molar-refractivity contribution in [2.75, 3.05) is 5.32 Å². The summed E-state index contributed by atoms with van der Waals surface area (Å²) in [4.78, 5) is 0. The molecular formula is C14H12BrClFN. The van der Waals surface area contributed by atoms with E-state index in [1.54, 1.807) is 6.07 Å². The SMILES string of the molecule is CC(Nc1cc(F)ccc1Br)c1ccccc1Cl. The first-order chi connectivity index (χ1) is 8.58. The molecule has 1 N–H and O–H groups in total. The van der Waals surface area contributed by atoms with Crippen molar-refractivity contribution in [3.63, 3.8) is 0 Å². The molecule has 2 rings (SSSR count). The van der Waals surface area contributed by atoms with Crippen molar-refractivity contribution < 1.29 is 4.39 Å². The van der Waals surface area contributed by atoms with Gasteiger partial charge in [-0.05, 0) is 52.7 Å². The fraction of sp³-hybridized carbons (Fsp3) is 0.143. The zero-order chi connectivity index (χ0) is 13.1. The molecule has 4 heteroatoms. The van der Waals surface area contributed by atoms with Crippen LogP contribution in [-0.2, 0) is 0 Å². The fourth-order valence-electron chi connectivity index (χ4n) is 1.75.